The molecule has 3 rings (SSSR count). The fourth-order valence-electron chi connectivity index (χ4n) is 2.47. The van der Waals surface area contributed by atoms with Crippen molar-refractivity contribution in [3.05, 3.63) is 29.8 Å². The zero-order valence-electron chi connectivity index (χ0n) is 9.24. The van der Waals surface area contributed by atoms with Crippen LogP contribution in [0.2, 0.25) is 0 Å². The van der Waals surface area contributed by atoms with Crippen molar-refractivity contribution in [1.82, 2.24) is 14.5 Å². The third-order valence-electron chi connectivity index (χ3n) is 3.17. The van der Waals surface area contributed by atoms with Gasteiger partial charge in [0.15, 0.2) is 0 Å². The van der Waals surface area contributed by atoms with Crippen molar-refractivity contribution < 1.29 is 0 Å². The molecule has 0 aliphatic carbocycles. The lowest BCUT2D eigenvalue weighted by Gasteiger charge is -2.00. The topological polar surface area (TPSA) is 59.6 Å². The van der Waals surface area contributed by atoms with E-state index >= 15 is 0 Å². The first-order valence-electron chi connectivity index (χ1n) is 5.82. The monoisotopic (exact) mass is 216 g/mol. The summed E-state index contributed by atoms with van der Waals surface area (Å²) >= 11 is 0. The van der Waals surface area contributed by atoms with Crippen LogP contribution in [-0.2, 0) is 19.4 Å². The highest BCUT2D eigenvalue weighted by atomic mass is 15.1. The zero-order valence-corrected chi connectivity index (χ0v) is 9.24. The number of imidazole rings is 1. The maximum absolute atomic E-state index is 5.62. The van der Waals surface area contributed by atoms with Gasteiger partial charge >= 0.3 is 0 Å². The predicted molar refractivity (Wildman–Crippen MR) is 63.1 cm³/mol. The molecule has 2 aromatic rings. The van der Waals surface area contributed by atoms with E-state index in [1.165, 1.54) is 12.1 Å². The summed E-state index contributed by atoms with van der Waals surface area (Å²) in [5, 5.41) is 0. The summed E-state index contributed by atoms with van der Waals surface area (Å²) in [6.07, 6.45) is 5.17. The molecule has 1 aliphatic heterocycles. The molecule has 3 heterocycles. The van der Waals surface area contributed by atoms with Crippen LogP contribution in [-0.4, -0.2) is 21.1 Å². The average Bonchev–Trinajstić information content (AvgIpc) is 2.94. The quantitative estimate of drug-likeness (QED) is 0.813. The van der Waals surface area contributed by atoms with Gasteiger partial charge in [0.25, 0.3) is 0 Å². The van der Waals surface area contributed by atoms with Gasteiger partial charge in [-0.3, -0.25) is 0 Å². The second-order valence-corrected chi connectivity index (χ2v) is 4.20. The number of nitrogens with one attached hydrogen (secondary N) is 1. The van der Waals surface area contributed by atoms with Gasteiger partial charge in [-0.05, 0) is 31.5 Å². The van der Waals surface area contributed by atoms with E-state index in [4.69, 9.17) is 10.7 Å². The van der Waals surface area contributed by atoms with E-state index in [-0.39, 0.29) is 0 Å². The molecule has 4 nitrogen and oxygen atoms in total. The largest absolute Gasteiger partial charge is 0.360 e. The Balaban J connectivity index is 2.09. The third-order valence-corrected chi connectivity index (χ3v) is 3.17. The molecule has 16 heavy (non-hydrogen) atoms. The van der Waals surface area contributed by atoms with Gasteiger partial charge in [0, 0.05) is 24.9 Å². The number of aromatic nitrogens is 3. The van der Waals surface area contributed by atoms with E-state index < -0.39 is 0 Å². The lowest BCUT2D eigenvalue weighted by atomic mass is 10.2. The fraction of sp³-hybridized carbons (Fsp3) is 0.417. The highest BCUT2D eigenvalue weighted by Crippen LogP contribution is 2.28. The number of aromatic amines is 1. The molecule has 0 spiro atoms. The van der Waals surface area contributed by atoms with Crippen molar-refractivity contribution in [2.24, 2.45) is 5.73 Å². The number of nitrogens with zero attached hydrogens (tertiary/aromatic N) is 2. The lowest BCUT2D eigenvalue weighted by Crippen LogP contribution is -2.08. The van der Waals surface area contributed by atoms with Gasteiger partial charge in [-0.1, -0.05) is 0 Å². The second kappa shape index (κ2) is 3.79. The Bertz CT molecular complexity index is 481. The van der Waals surface area contributed by atoms with E-state index in [1.54, 1.807) is 0 Å². The van der Waals surface area contributed by atoms with E-state index in [0.29, 0.717) is 6.54 Å². The fourth-order valence-corrected chi connectivity index (χ4v) is 2.47. The molecule has 0 saturated carbocycles. The van der Waals surface area contributed by atoms with Crippen molar-refractivity contribution in [3.8, 4) is 11.4 Å². The van der Waals surface area contributed by atoms with Gasteiger partial charge in [0.05, 0.1) is 5.69 Å². The van der Waals surface area contributed by atoms with Crippen molar-refractivity contribution in [2.45, 2.75) is 25.8 Å². The van der Waals surface area contributed by atoms with Crippen LogP contribution in [0, 0.1) is 0 Å². The Morgan fingerprint density at radius 2 is 2.44 bits per heavy atom. The summed E-state index contributed by atoms with van der Waals surface area (Å²) in [6, 6.07) is 4.09. The van der Waals surface area contributed by atoms with Gasteiger partial charge in [0.1, 0.15) is 11.5 Å². The molecule has 0 aromatic carbocycles. The molecule has 1 aliphatic rings. The van der Waals surface area contributed by atoms with Crippen LogP contribution in [0.15, 0.2) is 18.3 Å². The number of fused-ring (bicyclic) bond motifs is 1. The molecule has 0 radical (unpaired) electrons. The van der Waals surface area contributed by atoms with Gasteiger partial charge in [-0.15, -0.1) is 0 Å². The normalized spacial score (nSPS) is 14.3. The second-order valence-electron chi connectivity index (χ2n) is 4.20. The predicted octanol–water partition coefficient (Wildman–Crippen LogP) is 1.33. The number of hydrogen-bond donors (Lipinski definition) is 2. The molecule has 2 aromatic heterocycles. The maximum Gasteiger partial charge on any atom is 0.110 e. The minimum atomic E-state index is 0.667. The van der Waals surface area contributed by atoms with Crippen molar-refractivity contribution in [1.29, 1.82) is 0 Å². The summed E-state index contributed by atoms with van der Waals surface area (Å²) < 4.78 is 2.34. The highest BCUT2D eigenvalue weighted by molar-refractivity contribution is 5.58. The Labute approximate surface area is 94.5 Å². The summed E-state index contributed by atoms with van der Waals surface area (Å²) in [5.41, 5.74) is 9.22. The zero-order chi connectivity index (χ0) is 11.0. The molecule has 84 valence electrons. The van der Waals surface area contributed by atoms with E-state index in [0.717, 1.165) is 36.6 Å². The van der Waals surface area contributed by atoms with E-state index in [1.807, 2.05) is 12.3 Å². The molecule has 0 saturated heterocycles. The van der Waals surface area contributed by atoms with Gasteiger partial charge < -0.3 is 15.3 Å². The van der Waals surface area contributed by atoms with Crippen LogP contribution in [0.4, 0.5) is 0 Å². The first kappa shape index (κ1) is 9.66. The number of hydrogen-bond acceptors (Lipinski definition) is 2. The Morgan fingerprint density at radius 1 is 1.50 bits per heavy atom. The Kier molecular flexibility index (Phi) is 2.29. The minimum Gasteiger partial charge on any atom is -0.360 e. The number of H-pyrrole nitrogens is 1. The Morgan fingerprint density at radius 3 is 3.19 bits per heavy atom. The molecular weight excluding hydrogens is 200 g/mol. The minimum absolute atomic E-state index is 0.667. The lowest BCUT2D eigenvalue weighted by molar-refractivity contribution is 0.685. The molecule has 0 bridgehead atoms. The van der Waals surface area contributed by atoms with Crippen molar-refractivity contribution >= 4 is 0 Å². The molecule has 0 unspecified atom stereocenters. The van der Waals surface area contributed by atoms with Crippen LogP contribution in [0.3, 0.4) is 0 Å². The molecular formula is C12H16N4. The average molecular weight is 216 g/mol. The molecule has 0 atom stereocenters. The van der Waals surface area contributed by atoms with Gasteiger partial charge in [0.2, 0.25) is 0 Å². The molecule has 0 fully saturated rings. The number of rotatable bonds is 3. The standard InChI is InChI=1S/C12H16N4/c13-6-5-11-15-12(9-3-1-7-14-9)10-4-2-8-16(10)11/h1,3,7,14H,2,4-6,8,13H2. The van der Waals surface area contributed by atoms with Crippen LogP contribution in [0.1, 0.15) is 17.9 Å². The first-order valence-corrected chi connectivity index (χ1v) is 5.82. The maximum atomic E-state index is 5.62. The summed E-state index contributed by atoms with van der Waals surface area (Å²) in [6.45, 7) is 1.76. The van der Waals surface area contributed by atoms with Crippen molar-refractivity contribution in [2.75, 3.05) is 6.54 Å². The molecule has 3 N–H and O–H groups in total. The highest BCUT2D eigenvalue weighted by Gasteiger charge is 2.21. The molecule has 0 amide bonds. The first-order chi connectivity index (χ1) is 7.90. The van der Waals surface area contributed by atoms with Gasteiger partial charge in [-0.2, -0.15) is 0 Å². The van der Waals surface area contributed by atoms with Crippen LogP contribution >= 0.6 is 0 Å². The van der Waals surface area contributed by atoms with E-state index in [9.17, 15) is 0 Å². The van der Waals surface area contributed by atoms with Crippen LogP contribution < -0.4 is 5.73 Å². The molecule has 4 heteroatoms. The summed E-state index contributed by atoms with van der Waals surface area (Å²) in [7, 11) is 0. The number of nitrogens with two attached hydrogens (primary N) is 1. The van der Waals surface area contributed by atoms with E-state index in [2.05, 4.69) is 15.6 Å². The third kappa shape index (κ3) is 1.38. The smallest absolute Gasteiger partial charge is 0.110 e. The summed E-state index contributed by atoms with van der Waals surface area (Å²) in [5.74, 6) is 1.14. The summed E-state index contributed by atoms with van der Waals surface area (Å²) in [4.78, 5) is 7.95. The van der Waals surface area contributed by atoms with Crippen LogP contribution in [0.5, 0.6) is 0 Å². The van der Waals surface area contributed by atoms with Gasteiger partial charge in [-0.25, -0.2) is 4.98 Å². The van der Waals surface area contributed by atoms with Crippen LogP contribution in [0.25, 0.3) is 11.4 Å². The Hall–Kier alpha value is -1.55. The van der Waals surface area contributed by atoms with Crippen molar-refractivity contribution in [3.63, 3.8) is 0 Å². The SMILES string of the molecule is NCCc1nc(-c2ccc[nH]2)c2n1CCC2.